The summed E-state index contributed by atoms with van der Waals surface area (Å²) in [4.78, 5) is 45.8. The molecule has 2 amide bonds. The standard InChI is InChI=1S/C17H17N3O7/c1-10-5-6-12(8-13(10)20(24)25)19-15(21)9-27-17(23)11(2)18-16(22)14-4-3-7-26-14/h3-8,11H,9H2,1-2H3,(H,18,22)(H,19,21)/t11-/m1/s1. The molecule has 0 aliphatic rings. The van der Waals surface area contributed by atoms with Crippen LogP contribution in [-0.2, 0) is 14.3 Å². The highest BCUT2D eigenvalue weighted by atomic mass is 16.6. The third-order valence-corrected chi connectivity index (χ3v) is 3.48. The van der Waals surface area contributed by atoms with E-state index in [-0.39, 0.29) is 17.1 Å². The first kappa shape index (κ1) is 19.6. The molecule has 27 heavy (non-hydrogen) atoms. The van der Waals surface area contributed by atoms with Gasteiger partial charge in [-0.05, 0) is 32.0 Å². The number of nitrogens with zero attached hydrogens (tertiary/aromatic N) is 1. The minimum atomic E-state index is -1.00. The minimum Gasteiger partial charge on any atom is -0.459 e. The quantitative estimate of drug-likeness (QED) is 0.427. The molecule has 0 aliphatic carbocycles. The van der Waals surface area contributed by atoms with Crippen molar-refractivity contribution >= 4 is 29.2 Å². The Morgan fingerprint density at radius 2 is 2.04 bits per heavy atom. The van der Waals surface area contributed by atoms with Gasteiger partial charge in [0, 0.05) is 17.3 Å². The molecule has 10 heteroatoms. The van der Waals surface area contributed by atoms with Crippen molar-refractivity contribution < 1.29 is 28.5 Å². The SMILES string of the molecule is Cc1ccc(NC(=O)COC(=O)[C@@H](C)NC(=O)c2ccco2)cc1[N+](=O)[O-]. The average molecular weight is 375 g/mol. The van der Waals surface area contributed by atoms with Gasteiger partial charge >= 0.3 is 5.97 Å². The molecule has 0 saturated carbocycles. The third kappa shape index (κ3) is 5.39. The third-order valence-electron chi connectivity index (χ3n) is 3.48. The Hall–Kier alpha value is -3.69. The fourth-order valence-corrected chi connectivity index (χ4v) is 2.08. The van der Waals surface area contributed by atoms with Crippen LogP contribution in [0.1, 0.15) is 23.0 Å². The molecule has 10 nitrogen and oxygen atoms in total. The van der Waals surface area contributed by atoms with Crippen molar-refractivity contribution in [2.45, 2.75) is 19.9 Å². The van der Waals surface area contributed by atoms with E-state index in [9.17, 15) is 24.5 Å². The van der Waals surface area contributed by atoms with Crippen molar-refractivity contribution in [3.05, 3.63) is 58.0 Å². The Bertz CT molecular complexity index is 861. The number of nitro groups is 1. The second-order valence-electron chi connectivity index (χ2n) is 5.59. The molecule has 0 aliphatic heterocycles. The van der Waals surface area contributed by atoms with Crippen molar-refractivity contribution in [2.24, 2.45) is 0 Å². The van der Waals surface area contributed by atoms with Crippen molar-refractivity contribution in [1.29, 1.82) is 0 Å². The summed E-state index contributed by atoms with van der Waals surface area (Å²) in [6, 6.07) is 6.15. The van der Waals surface area contributed by atoms with E-state index in [0.717, 1.165) is 0 Å². The monoisotopic (exact) mass is 375 g/mol. The van der Waals surface area contributed by atoms with Crippen LogP contribution in [0.5, 0.6) is 0 Å². The molecule has 0 fully saturated rings. The number of furan rings is 1. The zero-order chi connectivity index (χ0) is 20.0. The van der Waals surface area contributed by atoms with Gasteiger partial charge in [-0.15, -0.1) is 0 Å². The number of nitro benzene ring substituents is 1. The minimum absolute atomic E-state index is 0.0355. The van der Waals surface area contributed by atoms with Crippen molar-refractivity contribution in [1.82, 2.24) is 5.32 Å². The van der Waals surface area contributed by atoms with Gasteiger partial charge in [0.15, 0.2) is 12.4 Å². The fourth-order valence-electron chi connectivity index (χ4n) is 2.08. The molecule has 0 radical (unpaired) electrons. The lowest BCUT2D eigenvalue weighted by Gasteiger charge is -2.12. The molecule has 1 heterocycles. The number of aryl methyl sites for hydroxylation is 1. The lowest BCUT2D eigenvalue weighted by Crippen LogP contribution is -2.40. The van der Waals surface area contributed by atoms with Gasteiger partial charge in [-0.3, -0.25) is 19.7 Å². The Kier molecular flexibility index (Phi) is 6.26. The van der Waals surface area contributed by atoms with Crippen LogP contribution in [0.3, 0.4) is 0 Å². The number of carbonyl (C=O) groups excluding carboxylic acids is 3. The maximum Gasteiger partial charge on any atom is 0.328 e. The second kappa shape index (κ2) is 8.61. The summed E-state index contributed by atoms with van der Waals surface area (Å²) in [6.07, 6.45) is 1.32. The van der Waals surface area contributed by atoms with E-state index in [0.29, 0.717) is 5.56 Å². The number of benzene rings is 1. The fraction of sp³-hybridized carbons (Fsp3) is 0.235. The predicted molar refractivity (Wildman–Crippen MR) is 93.1 cm³/mol. The van der Waals surface area contributed by atoms with Crippen molar-refractivity contribution in [3.63, 3.8) is 0 Å². The molecule has 2 rings (SSSR count). The first-order valence-electron chi connectivity index (χ1n) is 7.84. The van der Waals surface area contributed by atoms with Crippen LogP contribution in [0.15, 0.2) is 41.0 Å². The Balaban J connectivity index is 1.84. The van der Waals surface area contributed by atoms with Crippen LogP contribution in [-0.4, -0.2) is 35.4 Å². The normalized spacial score (nSPS) is 11.3. The number of ether oxygens (including phenoxy) is 1. The summed E-state index contributed by atoms with van der Waals surface area (Å²) in [5.41, 5.74) is 0.511. The van der Waals surface area contributed by atoms with Crippen molar-refractivity contribution in [2.75, 3.05) is 11.9 Å². The van der Waals surface area contributed by atoms with Crippen LogP contribution < -0.4 is 10.6 Å². The number of nitrogens with one attached hydrogen (secondary N) is 2. The lowest BCUT2D eigenvalue weighted by atomic mass is 10.2. The highest BCUT2D eigenvalue weighted by molar-refractivity contribution is 5.96. The Morgan fingerprint density at radius 3 is 2.67 bits per heavy atom. The number of amides is 2. The van der Waals surface area contributed by atoms with E-state index in [1.807, 2.05) is 0 Å². The topological polar surface area (TPSA) is 141 Å². The largest absolute Gasteiger partial charge is 0.459 e. The summed E-state index contributed by atoms with van der Waals surface area (Å²) < 4.78 is 9.73. The average Bonchev–Trinajstić information content (AvgIpc) is 3.15. The van der Waals surface area contributed by atoms with Gasteiger partial charge in [0.2, 0.25) is 0 Å². The molecule has 1 atom stereocenters. The van der Waals surface area contributed by atoms with E-state index in [1.165, 1.54) is 43.5 Å². The van der Waals surface area contributed by atoms with Crippen LogP contribution >= 0.6 is 0 Å². The lowest BCUT2D eigenvalue weighted by molar-refractivity contribution is -0.385. The van der Waals surface area contributed by atoms with Crippen LogP contribution in [0, 0.1) is 17.0 Å². The molecular weight excluding hydrogens is 358 g/mol. The van der Waals surface area contributed by atoms with Gasteiger partial charge in [0.25, 0.3) is 17.5 Å². The highest BCUT2D eigenvalue weighted by Crippen LogP contribution is 2.22. The Labute approximate surface area is 153 Å². The predicted octanol–water partition coefficient (Wildman–Crippen LogP) is 1.80. The number of hydrogen-bond acceptors (Lipinski definition) is 7. The smallest absolute Gasteiger partial charge is 0.328 e. The van der Waals surface area contributed by atoms with E-state index < -0.39 is 35.4 Å². The molecule has 0 spiro atoms. The maximum absolute atomic E-state index is 11.9. The molecule has 2 N–H and O–H groups in total. The maximum atomic E-state index is 11.9. The van der Waals surface area contributed by atoms with Gasteiger partial charge in [0.1, 0.15) is 6.04 Å². The molecule has 1 aromatic carbocycles. The van der Waals surface area contributed by atoms with Crippen molar-refractivity contribution in [3.8, 4) is 0 Å². The zero-order valence-electron chi connectivity index (χ0n) is 14.6. The van der Waals surface area contributed by atoms with Crippen LogP contribution in [0.4, 0.5) is 11.4 Å². The first-order chi connectivity index (χ1) is 12.8. The van der Waals surface area contributed by atoms with E-state index in [2.05, 4.69) is 10.6 Å². The molecule has 0 saturated heterocycles. The second-order valence-corrected chi connectivity index (χ2v) is 5.59. The van der Waals surface area contributed by atoms with Gasteiger partial charge in [-0.25, -0.2) is 4.79 Å². The summed E-state index contributed by atoms with van der Waals surface area (Å²) in [5.74, 6) is -2.06. The summed E-state index contributed by atoms with van der Waals surface area (Å²) in [6.45, 7) is 2.36. The molecule has 1 aromatic heterocycles. The number of esters is 1. The van der Waals surface area contributed by atoms with Crippen LogP contribution in [0.25, 0.3) is 0 Å². The van der Waals surface area contributed by atoms with E-state index in [1.54, 1.807) is 6.92 Å². The molecule has 142 valence electrons. The molecule has 2 aromatic rings. The Morgan fingerprint density at radius 1 is 1.30 bits per heavy atom. The molecule has 0 bridgehead atoms. The van der Waals surface area contributed by atoms with E-state index in [4.69, 9.17) is 9.15 Å². The number of anilines is 1. The number of carbonyl (C=O) groups is 3. The van der Waals surface area contributed by atoms with Gasteiger partial charge < -0.3 is 19.8 Å². The number of rotatable bonds is 7. The van der Waals surface area contributed by atoms with E-state index >= 15 is 0 Å². The highest BCUT2D eigenvalue weighted by Gasteiger charge is 2.20. The van der Waals surface area contributed by atoms with Crippen LogP contribution in [0.2, 0.25) is 0 Å². The summed E-state index contributed by atoms with van der Waals surface area (Å²) in [5, 5.41) is 15.7. The first-order valence-corrected chi connectivity index (χ1v) is 7.84. The zero-order valence-corrected chi connectivity index (χ0v) is 14.6. The van der Waals surface area contributed by atoms with Gasteiger partial charge in [0.05, 0.1) is 11.2 Å². The van der Waals surface area contributed by atoms with Gasteiger partial charge in [-0.2, -0.15) is 0 Å². The molecule has 0 unspecified atom stereocenters. The van der Waals surface area contributed by atoms with Gasteiger partial charge in [-0.1, -0.05) is 6.07 Å². The number of hydrogen-bond donors (Lipinski definition) is 2. The molecular formula is C17H17N3O7. The summed E-state index contributed by atoms with van der Waals surface area (Å²) in [7, 11) is 0. The summed E-state index contributed by atoms with van der Waals surface area (Å²) >= 11 is 0.